The number of nitrogens with zero attached hydrogens (tertiary/aromatic N) is 1. The third-order valence-corrected chi connectivity index (χ3v) is 12.2. The maximum Gasteiger partial charge on any atom is 0.472 e. The fraction of sp³-hybridized carbons (Fsp3) is 0.882. The predicted octanol–water partition coefficient (Wildman–Crippen LogP) is 15.1. The Balaban J connectivity index is 4.21. The second kappa shape index (κ2) is 43.7. The lowest BCUT2D eigenvalue weighted by molar-refractivity contribution is -0.870. The number of allylic oxidation sites excluding steroid dienone is 4. The normalized spacial score (nSPS) is 13.6. The van der Waals surface area contributed by atoms with Crippen molar-refractivity contribution in [1.82, 2.24) is 0 Å². The molecule has 0 heterocycles. The largest absolute Gasteiger partial charge is 0.472 e. The van der Waals surface area contributed by atoms with Crippen LogP contribution >= 0.6 is 7.82 Å². The number of carbonyl (C=O) groups excluding carboxylic acids is 2. The summed E-state index contributed by atoms with van der Waals surface area (Å²) >= 11 is 0. The van der Waals surface area contributed by atoms with E-state index in [1.807, 2.05) is 21.1 Å². The summed E-state index contributed by atoms with van der Waals surface area (Å²) in [6, 6.07) is 0. The molecule has 0 spiro atoms. The quantitative estimate of drug-likeness (QED) is 0.0212. The monoisotopic (exact) mass is 885 g/mol. The molecule has 0 saturated carbocycles. The van der Waals surface area contributed by atoms with Gasteiger partial charge in [0.2, 0.25) is 0 Å². The molecular weight excluding hydrogens is 786 g/mol. The van der Waals surface area contributed by atoms with E-state index < -0.39 is 26.5 Å². The molecule has 10 heteroatoms. The van der Waals surface area contributed by atoms with Gasteiger partial charge < -0.3 is 18.9 Å². The minimum absolute atomic E-state index is 0.0319. The van der Waals surface area contributed by atoms with Crippen LogP contribution in [-0.4, -0.2) is 74.9 Å². The van der Waals surface area contributed by atoms with Crippen molar-refractivity contribution in [1.29, 1.82) is 0 Å². The van der Waals surface area contributed by atoms with E-state index in [1.165, 1.54) is 154 Å². The molecule has 0 radical (unpaired) electrons. The predicted molar refractivity (Wildman–Crippen MR) is 257 cm³/mol. The van der Waals surface area contributed by atoms with E-state index in [1.54, 1.807) is 0 Å². The van der Waals surface area contributed by atoms with Crippen LogP contribution < -0.4 is 0 Å². The van der Waals surface area contributed by atoms with Crippen molar-refractivity contribution < 1.29 is 42.1 Å². The van der Waals surface area contributed by atoms with Crippen LogP contribution in [0.5, 0.6) is 0 Å². The van der Waals surface area contributed by atoms with Crippen molar-refractivity contribution in [2.24, 2.45) is 0 Å². The van der Waals surface area contributed by atoms with E-state index in [0.29, 0.717) is 17.4 Å². The van der Waals surface area contributed by atoms with Crippen LogP contribution in [0.25, 0.3) is 0 Å². The minimum atomic E-state index is -4.38. The molecule has 0 fully saturated rings. The van der Waals surface area contributed by atoms with Crippen LogP contribution in [0.3, 0.4) is 0 Å². The molecule has 0 aliphatic heterocycles. The molecule has 2 unspecified atom stereocenters. The Labute approximate surface area is 377 Å². The summed E-state index contributed by atoms with van der Waals surface area (Å²) in [7, 11) is 1.48. The molecule has 360 valence electrons. The highest BCUT2D eigenvalue weighted by Gasteiger charge is 2.27. The molecule has 0 saturated heterocycles. The summed E-state index contributed by atoms with van der Waals surface area (Å²) in [5.74, 6) is -0.800. The number of rotatable bonds is 47. The van der Waals surface area contributed by atoms with Gasteiger partial charge >= 0.3 is 19.8 Å². The molecule has 0 aromatic carbocycles. The van der Waals surface area contributed by atoms with Crippen molar-refractivity contribution in [2.45, 2.75) is 245 Å². The maximum absolute atomic E-state index is 12.7. The standard InChI is InChI=1S/C51H98NO8P/c1-6-8-10-12-14-16-18-20-22-23-24-25-26-27-28-29-30-32-34-36-38-40-42-44-51(54)60-49(48-59-61(55,56)58-46-45-52(3,4)5)47-57-50(53)43-41-39-37-35-33-31-21-19-17-15-13-11-9-7-2/h19,21,23-24,49H,6-18,20,22,25-48H2,1-5H3/p+1/b21-19-,24-23-. The lowest BCUT2D eigenvalue weighted by atomic mass is 10.0. The smallest absolute Gasteiger partial charge is 0.462 e. The van der Waals surface area contributed by atoms with Gasteiger partial charge in [0.05, 0.1) is 27.7 Å². The number of quaternary nitrogens is 1. The highest BCUT2D eigenvalue weighted by Crippen LogP contribution is 2.43. The van der Waals surface area contributed by atoms with Crippen molar-refractivity contribution in [3.63, 3.8) is 0 Å². The maximum atomic E-state index is 12.7. The Bertz CT molecular complexity index is 1090. The molecule has 0 bridgehead atoms. The highest BCUT2D eigenvalue weighted by molar-refractivity contribution is 7.47. The van der Waals surface area contributed by atoms with Gasteiger partial charge in [-0.1, -0.05) is 186 Å². The van der Waals surface area contributed by atoms with Crippen molar-refractivity contribution >= 4 is 19.8 Å². The van der Waals surface area contributed by atoms with Crippen LogP contribution in [0.4, 0.5) is 0 Å². The summed E-state index contributed by atoms with van der Waals surface area (Å²) in [5.41, 5.74) is 0. The minimum Gasteiger partial charge on any atom is -0.462 e. The first-order chi connectivity index (χ1) is 29.5. The van der Waals surface area contributed by atoms with Crippen LogP contribution in [0.1, 0.15) is 239 Å². The lowest BCUT2D eigenvalue weighted by Crippen LogP contribution is -2.37. The van der Waals surface area contributed by atoms with Gasteiger partial charge in [-0.05, 0) is 64.2 Å². The molecule has 9 nitrogen and oxygen atoms in total. The number of likely N-dealkylation sites (N-methyl/N-ethyl adjacent to an activating group) is 1. The van der Waals surface area contributed by atoms with Crippen molar-refractivity contribution in [3.8, 4) is 0 Å². The number of phosphoric ester groups is 1. The summed E-state index contributed by atoms with van der Waals surface area (Å²) < 4.78 is 34.4. The lowest BCUT2D eigenvalue weighted by Gasteiger charge is -2.24. The molecule has 0 aromatic heterocycles. The molecule has 0 aromatic rings. The molecule has 1 N–H and O–H groups in total. The molecule has 61 heavy (non-hydrogen) atoms. The summed E-state index contributed by atoms with van der Waals surface area (Å²) in [5, 5.41) is 0. The van der Waals surface area contributed by atoms with E-state index in [2.05, 4.69) is 38.2 Å². The topological polar surface area (TPSA) is 108 Å². The Kier molecular flexibility index (Phi) is 42.6. The van der Waals surface area contributed by atoms with Crippen LogP contribution in [0.2, 0.25) is 0 Å². The van der Waals surface area contributed by atoms with Crippen LogP contribution in [0.15, 0.2) is 24.3 Å². The van der Waals surface area contributed by atoms with Crippen LogP contribution in [0, 0.1) is 0 Å². The first kappa shape index (κ1) is 59.5. The van der Waals surface area contributed by atoms with E-state index in [9.17, 15) is 19.0 Å². The van der Waals surface area contributed by atoms with Crippen LogP contribution in [-0.2, 0) is 32.7 Å². The van der Waals surface area contributed by atoms with Gasteiger partial charge in [0.1, 0.15) is 19.8 Å². The number of ether oxygens (including phenoxy) is 2. The molecule has 0 aliphatic rings. The molecule has 0 amide bonds. The SMILES string of the molecule is CCCCCCC/C=C\CCCCCCCC(=O)OCC(COP(=O)(O)OCC[N+](C)(C)C)OC(=O)CCCCCCCCCCCCC/C=C\CCCCCCCCCC. The first-order valence-electron chi connectivity index (χ1n) is 25.6. The van der Waals surface area contributed by atoms with Gasteiger partial charge in [-0.25, -0.2) is 4.57 Å². The Hall–Kier alpha value is -1.51. The molecular formula is C51H99NO8P+. The number of hydrogen-bond acceptors (Lipinski definition) is 7. The third kappa shape index (κ3) is 47.8. The Morgan fingerprint density at radius 1 is 0.492 bits per heavy atom. The fourth-order valence-electron chi connectivity index (χ4n) is 7.18. The van der Waals surface area contributed by atoms with E-state index >= 15 is 0 Å². The van der Waals surface area contributed by atoms with Crippen molar-refractivity contribution in [2.75, 3.05) is 47.5 Å². The number of unbranched alkanes of at least 4 members (excludes halogenated alkanes) is 29. The molecule has 0 aliphatic carbocycles. The highest BCUT2D eigenvalue weighted by atomic mass is 31.2. The second-order valence-corrected chi connectivity index (χ2v) is 20.0. The van der Waals surface area contributed by atoms with Gasteiger partial charge in [0.15, 0.2) is 6.10 Å². The molecule has 0 rings (SSSR count). The number of phosphoric acid groups is 1. The fourth-order valence-corrected chi connectivity index (χ4v) is 7.92. The number of esters is 2. The van der Waals surface area contributed by atoms with Gasteiger partial charge in [-0.15, -0.1) is 0 Å². The zero-order valence-corrected chi connectivity index (χ0v) is 41.6. The summed E-state index contributed by atoms with van der Waals surface area (Å²) in [6.07, 6.45) is 49.4. The van der Waals surface area contributed by atoms with Gasteiger partial charge in [0, 0.05) is 12.8 Å². The summed E-state index contributed by atoms with van der Waals surface area (Å²) in [6.45, 7) is 4.43. The van der Waals surface area contributed by atoms with E-state index in [0.717, 1.165) is 51.4 Å². The zero-order chi connectivity index (χ0) is 45.0. The average molecular weight is 885 g/mol. The number of hydrogen-bond donors (Lipinski definition) is 1. The van der Waals surface area contributed by atoms with Gasteiger partial charge in [-0.3, -0.25) is 18.6 Å². The van der Waals surface area contributed by atoms with E-state index in [-0.39, 0.29) is 32.0 Å². The van der Waals surface area contributed by atoms with Crippen molar-refractivity contribution in [3.05, 3.63) is 24.3 Å². The van der Waals surface area contributed by atoms with Gasteiger partial charge in [0.25, 0.3) is 0 Å². The average Bonchev–Trinajstić information content (AvgIpc) is 3.21. The number of carbonyl (C=O) groups is 2. The first-order valence-corrected chi connectivity index (χ1v) is 27.1. The second-order valence-electron chi connectivity index (χ2n) is 18.5. The Morgan fingerprint density at radius 2 is 0.836 bits per heavy atom. The molecule has 2 atom stereocenters. The Morgan fingerprint density at radius 3 is 1.21 bits per heavy atom. The summed E-state index contributed by atoms with van der Waals surface area (Å²) in [4.78, 5) is 35.5. The van der Waals surface area contributed by atoms with Gasteiger partial charge in [-0.2, -0.15) is 0 Å². The zero-order valence-electron chi connectivity index (χ0n) is 40.7. The van der Waals surface area contributed by atoms with E-state index in [4.69, 9.17) is 18.5 Å². The third-order valence-electron chi connectivity index (χ3n) is 11.2.